The first kappa shape index (κ1) is 16.0. The molecule has 0 aliphatic carbocycles. The van der Waals surface area contributed by atoms with Gasteiger partial charge in [-0.05, 0) is 42.5 Å². The molecule has 1 aliphatic rings. The first-order chi connectivity index (χ1) is 9.65. The first-order valence-corrected chi connectivity index (χ1v) is 8.91. The summed E-state index contributed by atoms with van der Waals surface area (Å²) in [4.78, 5) is 0. The van der Waals surface area contributed by atoms with Crippen LogP contribution in [0.15, 0.2) is 28.7 Å². The summed E-state index contributed by atoms with van der Waals surface area (Å²) in [6, 6.07) is 8.90. The maximum absolute atomic E-state index is 3.62. The van der Waals surface area contributed by atoms with Crippen LogP contribution in [0.2, 0.25) is 0 Å². The molecule has 112 valence electrons. The molecule has 1 heterocycles. The molecule has 1 nitrogen and oxygen atoms in total. The van der Waals surface area contributed by atoms with E-state index in [4.69, 9.17) is 0 Å². The molecule has 2 atom stereocenters. The minimum Gasteiger partial charge on any atom is -0.316 e. The van der Waals surface area contributed by atoms with Gasteiger partial charge in [-0.15, -0.1) is 0 Å². The molecule has 0 amide bonds. The largest absolute Gasteiger partial charge is 0.316 e. The molecule has 1 aliphatic heterocycles. The Morgan fingerprint density at radius 1 is 1.30 bits per heavy atom. The second-order valence-corrected chi connectivity index (χ2v) is 7.44. The highest BCUT2D eigenvalue weighted by Crippen LogP contribution is 2.44. The van der Waals surface area contributed by atoms with Gasteiger partial charge in [0.2, 0.25) is 0 Å². The number of piperidine rings is 1. The van der Waals surface area contributed by atoms with Crippen LogP contribution in [0.3, 0.4) is 0 Å². The van der Waals surface area contributed by atoms with Crippen molar-refractivity contribution < 1.29 is 0 Å². The van der Waals surface area contributed by atoms with Crippen LogP contribution in [0.25, 0.3) is 0 Å². The van der Waals surface area contributed by atoms with Gasteiger partial charge in [0, 0.05) is 16.9 Å². The molecule has 0 bridgehead atoms. The maximum atomic E-state index is 3.62. The lowest BCUT2D eigenvalue weighted by molar-refractivity contribution is 0.167. The van der Waals surface area contributed by atoms with Gasteiger partial charge in [-0.1, -0.05) is 67.6 Å². The molecule has 0 saturated carbocycles. The summed E-state index contributed by atoms with van der Waals surface area (Å²) in [5, 5.41) is 3.59. The SMILES string of the molecule is CCCCCCC1(C)CCNCC1c1cccc(Br)c1. The van der Waals surface area contributed by atoms with E-state index < -0.39 is 0 Å². The summed E-state index contributed by atoms with van der Waals surface area (Å²) >= 11 is 3.62. The number of benzene rings is 1. The lowest BCUT2D eigenvalue weighted by atomic mass is 9.66. The van der Waals surface area contributed by atoms with E-state index in [2.05, 4.69) is 59.4 Å². The second-order valence-electron chi connectivity index (χ2n) is 6.53. The van der Waals surface area contributed by atoms with Gasteiger partial charge in [0.25, 0.3) is 0 Å². The topological polar surface area (TPSA) is 12.0 Å². The molecule has 20 heavy (non-hydrogen) atoms. The van der Waals surface area contributed by atoms with Crippen LogP contribution in [-0.2, 0) is 0 Å². The summed E-state index contributed by atoms with van der Waals surface area (Å²) in [7, 11) is 0. The summed E-state index contributed by atoms with van der Waals surface area (Å²) in [5.74, 6) is 0.648. The summed E-state index contributed by atoms with van der Waals surface area (Å²) in [6.45, 7) is 7.09. The van der Waals surface area contributed by atoms with E-state index >= 15 is 0 Å². The highest BCUT2D eigenvalue weighted by molar-refractivity contribution is 9.10. The van der Waals surface area contributed by atoms with Crippen LogP contribution >= 0.6 is 15.9 Å². The third-order valence-electron chi connectivity index (χ3n) is 4.92. The molecular formula is C18H28BrN. The lowest BCUT2D eigenvalue weighted by Crippen LogP contribution is -2.42. The van der Waals surface area contributed by atoms with Crippen LogP contribution in [0.1, 0.15) is 63.9 Å². The first-order valence-electron chi connectivity index (χ1n) is 8.12. The van der Waals surface area contributed by atoms with E-state index in [-0.39, 0.29) is 0 Å². The van der Waals surface area contributed by atoms with Crippen molar-refractivity contribution in [1.29, 1.82) is 0 Å². The Morgan fingerprint density at radius 3 is 2.90 bits per heavy atom. The zero-order chi connectivity index (χ0) is 14.4. The van der Waals surface area contributed by atoms with Gasteiger partial charge in [-0.25, -0.2) is 0 Å². The fraction of sp³-hybridized carbons (Fsp3) is 0.667. The van der Waals surface area contributed by atoms with Crippen molar-refractivity contribution in [2.75, 3.05) is 13.1 Å². The molecule has 0 radical (unpaired) electrons. The standard InChI is InChI=1S/C18H28BrN/c1-3-4-5-6-10-18(2)11-12-20-14-17(18)15-8-7-9-16(19)13-15/h7-9,13,17,20H,3-6,10-12,14H2,1-2H3. The smallest absolute Gasteiger partial charge is 0.0178 e. The van der Waals surface area contributed by atoms with E-state index in [9.17, 15) is 0 Å². The Balaban J connectivity index is 2.07. The van der Waals surface area contributed by atoms with Gasteiger partial charge in [-0.2, -0.15) is 0 Å². The van der Waals surface area contributed by atoms with Crippen molar-refractivity contribution in [2.24, 2.45) is 5.41 Å². The molecule has 2 heteroatoms. The Kier molecular flexibility index (Phi) is 6.10. The molecule has 2 rings (SSSR count). The van der Waals surface area contributed by atoms with Crippen molar-refractivity contribution in [3.8, 4) is 0 Å². The predicted molar refractivity (Wildman–Crippen MR) is 91.2 cm³/mol. The zero-order valence-electron chi connectivity index (χ0n) is 12.9. The molecule has 0 spiro atoms. The Hall–Kier alpha value is -0.340. The quantitative estimate of drug-likeness (QED) is 0.675. The van der Waals surface area contributed by atoms with Crippen molar-refractivity contribution >= 4 is 15.9 Å². The normalized spacial score (nSPS) is 26.6. The zero-order valence-corrected chi connectivity index (χ0v) is 14.5. The molecule has 2 unspecified atom stereocenters. The van der Waals surface area contributed by atoms with E-state index in [1.54, 1.807) is 0 Å². The average molecular weight is 338 g/mol. The average Bonchev–Trinajstić information content (AvgIpc) is 2.44. The Morgan fingerprint density at radius 2 is 2.15 bits per heavy atom. The van der Waals surface area contributed by atoms with Crippen LogP contribution in [0.4, 0.5) is 0 Å². The van der Waals surface area contributed by atoms with Gasteiger partial charge in [-0.3, -0.25) is 0 Å². The molecule has 1 aromatic carbocycles. The van der Waals surface area contributed by atoms with E-state index in [1.165, 1.54) is 55.1 Å². The van der Waals surface area contributed by atoms with Crippen LogP contribution < -0.4 is 5.32 Å². The van der Waals surface area contributed by atoms with E-state index in [0.29, 0.717) is 11.3 Å². The Bertz CT molecular complexity index is 418. The molecular weight excluding hydrogens is 310 g/mol. The minimum absolute atomic E-state index is 0.458. The number of unbranched alkanes of at least 4 members (excludes halogenated alkanes) is 3. The highest BCUT2D eigenvalue weighted by Gasteiger charge is 2.36. The Labute approximate surface area is 132 Å². The molecule has 1 fully saturated rings. The molecule has 1 N–H and O–H groups in total. The molecule has 1 aromatic rings. The van der Waals surface area contributed by atoms with Crippen molar-refractivity contribution in [1.82, 2.24) is 5.32 Å². The molecule has 0 aromatic heterocycles. The molecule has 1 saturated heterocycles. The number of nitrogens with one attached hydrogen (secondary N) is 1. The second kappa shape index (κ2) is 7.61. The fourth-order valence-electron chi connectivity index (χ4n) is 3.54. The van der Waals surface area contributed by atoms with Gasteiger partial charge >= 0.3 is 0 Å². The summed E-state index contributed by atoms with van der Waals surface area (Å²) in [5.41, 5.74) is 1.95. The van der Waals surface area contributed by atoms with Crippen molar-refractivity contribution in [3.05, 3.63) is 34.3 Å². The minimum atomic E-state index is 0.458. The number of hydrogen-bond acceptors (Lipinski definition) is 1. The van der Waals surface area contributed by atoms with Gasteiger partial charge in [0.15, 0.2) is 0 Å². The number of halogens is 1. The third-order valence-corrected chi connectivity index (χ3v) is 5.41. The van der Waals surface area contributed by atoms with Gasteiger partial charge in [0.1, 0.15) is 0 Å². The monoisotopic (exact) mass is 337 g/mol. The van der Waals surface area contributed by atoms with Crippen LogP contribution in [0.5, 0.6) is 0 Å². The maximum Gasteiger partial charge on any atom is 0.0178 e. The van der Waals surface area contributed by atoms with Crippen molar-refractivity contribution in [3.63, 3.8) is 0 Å². The fourth-order valence-corrected chi connectivity index (χ4v) is 3.96. The third kappa shape index (κ3) is 4.08. The van der Waals surface area contributed by atoms with Crippen LogP contribution in [0, 0.1) is 5.41 Å². The predicted octanol–water partition coefficient (Wildman–Crippen LogP) is 5.50. The highest BCUT2D eigenvalue weighted by atomic mass is 79.9. The van der Waals surface area contributed by atoms with Crippen LogP contribution in [-0.4, -0.2) is 13.1 Å². The summed E-state index contributed by atoms with van der Waals surface area (Å²) < 4.78 is 1.20. The van der Waals surface area contributed by atoms with E-state index in [1.807, 2.05) is 0 Å². The summed E-state index contributed by atoms with van der Waals surface area (Å²) in [6.07, 6.45) is 8.16. The lowest BCUT2D eigenvalue weighted by Gasteiger charge is -2.42. The van der Waals surface area contributed by atoms with E-state index in [0.717, 1.165) is 6.54 Å². The van der Waals surface area contributed by atoms with Gasteiger partial charge < -0.3 is 5.32 Å². The van der Waals surface area contributed by atoms with Gasteiger partial charge in [0.05, 0.1) is 0 Å². The number of hydrogen-bond donors (Lipinski definition) is 1. The van der Waals surface area contributed by atoms with Crippen molar-refractivity contribution in [2.45, 2.75) is 58.3 Å². The number of rotatable bonds is 6.